The number of para-hydroxylation sites is 1. The lowest BCUT2D eigenvalue weighted by molar-refractivity contribution is -0.145. The Kier molecular flexibility index (Phi) is 15.2. The molecule has 1 fully saturated rings. The Bertz CT molecular complexity index is 1470. The third kappa shape index (κ3) is 11.9. The highest BCUT2D eigenvalue weighted by Crippen LogP contribution is 2.25. The van der Waals surface area contributed by atoms with Gasteiger partial charge in [-0.15, -0.1) is 0 Å². The fraction of sp³-hybridized carbons (Fsp3) is 0.486. The Morgan fingerprint density at radius 1 is 0.957 bits per heavy atom. The number of benzene rings is 2. The number of nitrogens with zero attached hydrogens (tertiary/aromatic N) is 1. The second kappa shape index (κ2) is 19.1. The molecule has 2 heterocycles. The number of halogens is 1. The van der Waals surface area contributed by atoms with E-state index in [9.17, 15) is 24.3 Å². The Morgan fingerprint density at radius 3 is 2.26 bits per heavy atom. The van der Waals surface area contributed by atoms with Gasteiger partial charge < -0.3 is 25.3 Å². The maximum atomic E-state index is 13.1. The van der Waals surface area contributed by atoms with Crippen molar-refractivity contribution in [2.75, 3.05) is 32.8 Å². The van der Waals surface area contributed by atoms with Crippen molar-refractivity contribution in [2.24, 2.45) is 0 Å². The van der Waals surface area contributed by atoms with Gasteiger partial charge in [-0.3, -0.25) is 19.3 Å². The summed E-state index contributed by atoms with van der Waals surface area (Å²) in [5, 5.41) is 22.8. The van der Waals surface area contributed by atoms with Crippen LogP contribution in [0.4, 0.5) is 0 Å². The lowest BCUT2D eigenvalue weighted by Crippen LogP contribution is -2.58. The number of fused-ring (bicyclic) bond motifs is 1. The Balaban J connectivity index is 0.000000409. The monoisotopic (exact) mass is 655 g/mol. The van der Waals surface area contributed by atoms with Crippen LogP contribution >= 0.6 is 11.6 Å². The van der Waals surface area contributed by atoms with Crippen LogP contribution in [0.15, 0.2) is 59.4 Å². The first-order chi connectivity index (χ1) is 22.1. The van der Waals surface area contributed by atoms with Crippen molar-refractivity contribution in [3.63, 3.8) is 0 Å². The van der Waals surface area contributed by atoms with Crippen molar-refractivity contribution >= 4 is 40.3 Å². The number of nitrogens with one attached hydrogen (secondary N) is 2. The van der Waals surface area contributed by atoms with Crippen LogP contribution in [-0.4, -0.2) is 76.3 Å². The minimum atomic E-state index is -1.63. The average molecular weight is 656 g/mol. The van der Waals surface area contributed by atoms with Crippen LogP contribution in [-0.2, 0) is 20.7 Å². The van der Waals surface area contributed by atoms with Gasteiger partial charge in [0, 0.05) is 60.0 Å². The third-order valence-corrected chi connectivity index (χ3v) is 8.40. The standard InChI is InChI=1S/C25H26ClN3O5.C10H20O2/c26-19-7-5-17(6-8-19)23(31)28-25(24(32)33,9-10-29-11-13-34-14-12-29)16-18-15-22(30)27-21-4-2-1-3-20(18)21;1-2-3-4-5-6-7-8-9-10(11)12/h1-8,15H,9-14,16H2,(H,27,30)(H,28,31)(H,32,33);2-9H2,1H3,(H,11,12). The van der Waals surface area contributed by atoms with Gasteiger partial charge in [0.2, 0.25) is 5.56 Å². The third-order valence-electron chi connectivity index (χ3n) is 8.15. The molecule has 11 heteroatoms. The first-order valence-corrected chi connectivity index (χ1v) is 16.5. The zero-order valence-corrected chi connectivity index (χ0v) is 27.3. The summed E-state index contributed by atoms with van der Waals surface area (Å²) in [6, 6.07) is 14.9. The van der Waals surface area contributed by atoms with Crippen molar-refractivity contribution in [2.45, 2.75) is 76.7 Å². The molecule has 0 bridgehead atoms. The molecule has 3 aromatic rings. The first kappa shape index (κ1) is 36.7. The number of aromatic amines is 1. The molecule has 0 radical (unpaired) electrons. The van der Waals surface area contributed by atoms with Crippen LogP contribution in [0, 0.1) is 0 Å². The van der Waals surface area contributed by atoms with Crippen molar-refractivity contribution in [1.82, 2.24) is 15.2 Å². The molecule has 1 aliphatic heterocycles. The molecule has 0 saturated carbocycles. The molecule has 1 amide bonds. The highest BCUT2D eigenvalue weighted by atomic mass is 35.5. The van der Waals surface area contributed by atoms with Crippen molar-refractivity contribution < 1.29 is 29.3 Å². The number of pyridine rings is 1. The molecule has 4 rings (SSSR count). The molecular formula is C35H46ClN3O7. The molecule has 1 aromatic heterocycles. The molecule has 1 unspecified atom stereocenters. The van der Waals surface area contributed by atoms with Crippen molar-refractivity contribution in [3.8, 4) is 0 Å². The lowest BCUT2D eigenvalue weighted by Gasteiger charge is -2.34. The summed E-state index contributed by atoms with van der Waals surface area (Å²) < 4.78 is 5.39. The van der Waals surface area contributed by atoms with E-state index >= 15 is 0 Å². The molecule has 0 spiro atoms. The predicted molar refractivity (Wildman–Crippen MR) is 180 cm³/mol. The van der Waals surface area contributed by atoms with E-state index in [4.69, 9.17) is 21.4 Å². The van der Waals surface area contributed by atoms with E-state index < -0.39 is 23.4 Å². The molecular weight excluding hydrogens is 610 g/mol. The Hall–Kier alpha value is -3.73. The Morgan fingerprint density at radius 2 is 1.61 bits per heavy atom. The van der Waals surface area contributed by atoms with E-state index in [2.05, 4.69) is 22.1 Å². The maximum absolute atomic E-state index is 13.1. The van der Waals surface area contributed by atoms with Crippen LogP contribution in [0.3, 0.4) is 0 Å². The van der Waals surface area contributed by atoms with Crippen LogP contribution in [0.2, 0.25) is 5.02 Å². The molecule has 1 atom stereocenters. The minimum absolute atomic E-state index is 0.0452. The van der Waals surface area contributed by atoms with Crippen molar-refractivity contribution in [3.05, 3.63) is 81.1 Å². The van der Waals surface area contributed by atoms with E-state index in [1.54, 1.807) is 36.4 Å². The largest absolute Gasteiger partial charge is 0.481 e. The molecule has 46 heavy (non-hydrogen) atoms. The molecule has 1 aliphatic rings. The number of carbonyl (C=O) groups excluding carboxylic acids is 1. The lowest BCUT2D eigenvalue weighted by atomic mass is 9.85. The summed E-state index contributed by atoms with van der Waals surface area (Å²) in [6.45, 7) is 5.19. The van der Waals surface area contributed by atoms with Crippen LogP contribution in [0.25, 0.3) is 10.9 Å². The second-order valence-corrected chi connectivity index (χ2v) is 12.1. The van der Waals surface area contributed by atoms with Crippen LogP contribution < -0.4 is 10.9 Å². The SMILES string of the molecule is CCCCCCCCCC(=O)O.O=C(NC(CCN1CCOCC1)(Cc1cc(=O)[nH]c2ccccc12)C(=O)O)c1ccc(Cl)cc1. The summed E-state index contributed by atoms with van der Waals surface area (Å²) in [5.41, 5.74) is -0.491. The number of unbranched alkanes of at least 4 members (excludes halogenated alkanes) is 6. The van der Waals surface area contributed by atoms with E-state index in [0.717, 1.165) is 18.2 Å². The molecule has 10 nitrogen and oxygen atoms in total. The normalized spacial score (nSPS) is 14.6. The summed E-state index contributed by atoms with van der Waals surface area (Å²) in [5.74, 6) is -2.34. The molecule has 0 aliphatic carbocycles. The molecule has 2 aromatic carbocycles. The summed E-state index contributed by atoms with van der Waals surface area (Å²) in [4.78, 5) is 53.2. The maximum Gasteiger partial charge on any atom is 0.329 e. The van der Waals surface area contributed by atoms with Gasteiger partial charge >= 0.3 is 11.9 Å². The number of carboxylic acid groups (broad SMARTS) is 2. The zero-order chi connectivity index (χ0) is 33.4. The van der Waals surface area contributed by atoms with E-state index in [-0.39, 0.29) is 18.4 Å². The number of carboxylic acids is 2. The predicted octanol–water partition coefficient (Wildman–Crippen LogP) is 5.91. The molecule has 1 saturated heterocycles. The van der Waals surface area contributed by atoms with Gasteiger partial charge in [0.15, 0.2) is 0 Å². The number of rotatable bonds is 16. The van der Waals surface area contributed by atoms with Gasteiger partial charge in [-0.25, -0.2) is 4.79 Å². The smallest absolute Gasteiger partial charge is 0.329 e. The van der Waals surface area contributed by atoms with Gasteiger partial charge in [0.05, 0.1) is 13.2 Å². The molecule has 250 valence electrons. The van der Waals surface area contributed by atoms with Gasteiger partial charge in [-0.1, -0.05) is 75.2 Å². The Labute approximate surface area is 275 Å². The number of H-pyrrole nitrogens is 1. The summed E-state index contributed by atoms with van der Waals surface area (Å²) >= 11 is 5.94. The topological polar surface area (TPSA) is 149 Å². The van der Waals surface area contributed by atoms with Crippen LogP contribution in [0.5, 0.6) is 0 Å². The highest BCUT2D eigenvalue weighted by molar-refractivity contribution is 6.30. The minimum Gasteiger partial charge on any atom is -0.481 e. The van der Waals surface area contributed by atoms with Gasteiger partial charge in [0.1, 0.15) is 5.54 Å². The fourth-order valence-electron chi connectivity index (χ4n) is 5.48. The number of aromatic nitrogens is 1. The number of hydrogen-bond donors (Lipinski definition) is 4. The molecule has 4 N–H and O–H groups in total. The number of aliphatic carboxylic acids is 2. The van der Waals surface area contributed by atoms with E-state index in [1.165, 1.54) is 38.2 Å². The van der Waals surface area contributed by atoms with Gasteiger partial charge in [-0.05, 0) is 48.7 Å². The van der Waals surface area contributed by atoms with E-state index in [1.807, 2.05) is 12.1 Å². The number of amides is 1. The van der Waals surface area contributed by atoms with E-state index in [0.29, 0.717) is 60.9 Å². The summed E-state index contributed by atoms with van der Waals surface area (Å²) in [7, 11) is 0. The summed E-state index contributed by atoms with van der Waals surface area (Å²) in [6.07, 6.45) is 8.75. The number of hydrogen-bond acceptors (Lipinski definition) is 6. The second-order valence-electron chi connectivity index (χ2n) is 11.7. The first-order valence-electron chi connectivity index (χ1n) is 16.1. The zero-order valence-electron chi connectivity index (χ0n) is 26.6. The highest BCUT2D eigenvalue weighted by Gasteiger charge is 2.41. The number of morpholine rings is 1. The fourth-order valence-corrected chi connectivity index (χ4v) is 5.60. The number of carbonyl (C=O) groups is 3. The number of ether oxygens (including phenoxy) is 1. The van der Waals surface area contributed by atoms with Crippen LogP contribution in [0.1, 0.15) is 80.6 Å². The average Bonchev–Trinajstić information content (AvgIpc) is 3.04. The van der Waals surface area contributed by atoms with Gasteiger partial charge in [0.25, 0.3) is 5.91 Å². The van der Waals surface area contributed by atoms with Crippen molar-refractivity contribution in [1.29, 1.82) is 0 Å². The van der Waals surface area contributed by atoms with Gasteiger partial charge in [-0.2, -0.15) is 0 Å². The quantitative estimate of drug-likeness (QED) is 0.139.